The van der Waals surface area contributed by atoms with Crippen molar-refractivity contribution in [1.82, 2.24) is 15.2 Å². The molecule has 0 aliphatic heterocycles. The summed E-state index contributed by atoms with van der Waals surface area (Å²) in [6.45, 7) is 0. The number of amides is 1. The van der Waals surface area contributed by atoms with E-state index in [9.17, 15) is 18.0 Å². The lowest BCUT2D eigenvalue weighted by Crippen LogP contribution is -2.14. The summed E-state index contributed by atoms with van der Waals surface area (Å²) in [4.78, 5) is 16.4. The molecule has 2 aromatic carbocycles. The van der Waals surface area contributed by atoms with Crippen molar-refractivity contribution in [2.75, 3.05) is 5.32 Å². The number of hydrogen-bond acceptors (Lipinski definition) is 3. The third-order valence-corrected chi connectivity index (χ3v) is 4.71. The molecule has 4 aromatic rings. The number of halogens is 3. The van der Waals surface area contributed by atoms with E-state index in [4.69, 9.17) is 0 Å². The molecule has 0 aliphatic carbocycles. The minimum Gasteiger partial charge on any atom is -0.326 e. The molecule has 0 atom stereocenters. The average molecular weight is 422 g/mol. The molecule has 0 unspecified atom stereocenters. The molecule has 4 rings (SSSR count). The number of rotatable bonds is 5. The average Bonchev–Trinajstić information content (AvgIpc) is 3.24. The van der Waals surface area contributed by atoms with Crippen molar-refractivity contribution >= 4 is 11.6 Å². The smallest absolute Gasteiger partial charge is 0.326 e. The summed E-state index contributed by atoms with van der Waals surface area (Å²) in [7, 11) is 0. The first-order valence-corrected chi connectivity index (χ1v) is 9.40. The number of aromatic nitrogens is 3. The van der Waals surface area contributed by atoms with E-state index >= 15 is 0 Å². The van der Waals surface area contributed by atoms with Crippen LogP contribution in [0.2, 0.25) is 0 Å². The predicted molar refractivity (Wildman–Crippen MR) is 111 cm³/mol. The van der Waals surface area contributed by atoms with Gasteiger partial charge in [0, 0.05) is 29.2 Å². The number of nitrogens with zero attached hydrogens (tertiary/aromatic N) is 2. The lowest BCUT2D eigenvalue weighted by molar-refractivity contribution is -0.137. The highest BCUT2D eigenvalue weighted by Gasteiger charge is 2.29. The quantitative estimate of drug-likeness (QED) is 0.456. The maximum Gasteiger partial charge on any atom is 0.416 e. The largest absolute Gasteiger partial charge is 0.416 e. The first kappa shape index (κ1) is 20.3. The molecule has 156 valence electrons. The van der Waals surface area contributed by atoms with Crippen LogP contribution in [-0.4, -0.2) is 21.1 Å². The Kier molecular flexibility index (Phi) is 5.53. The third-order valence-electron chi connectivity index (χ3n) is 4.71. The van der Waals surface area contributed by atoms with Crippen LogP contribution in [0, 0.1) is 0 Å². The van der Waals surface area contributed by atoms with Crippen LogP contribution >= 0.6 is 0 Å². The number of nitrogens with one attached hydrogen (secondary N) is 2. The van der Waals surface area contributed by atoms with Crippen molar-refractivity contribution in [2.24, 2.45) is 0 Å². The maximum absolute atomic E-state index is 12.7. The number of aromatic amines is 1. The van der Waals surface area contributed by atoms with Crippen molar-refractivity contribution in [1.29, 1.82) is 0 Å². The molecule has 8 heteroatoms. The third kappa shape index (κ3) is 4.80. The fraction of sp³-hybridized carbons (Fsp3) is 0.0870. The van der Waals surface area contributed by atoms with Gasteiger partial charge in [-0.15, -0.1) is 0 Å². The van der Waals surface area contributed by atoms with Gasteiger partial charge in [0.15, 0.2) is 0 Å². The summed E-state index contributed by atoms with van der Waals surface area (Å²) in [5.41, 5.74) is 3.81. The van der Waals surface area contributed by atoms with Gasteiger partial charge in [0.2, 0.25) is 5.91 Å². The maximum atomic E-state index is 12.7. The number of alkyl halides is 3. The molecule has 0 radical (unpaired) electrons. The van der Waals surface area contributed by atoms with Crippen LogP contribution in [0.5, 0.6) is 0 Å². The van der Waals surface area contributed by atoms with Crippen molar-refractivity contribution in [3.05, 3.63) is 90.4 Å². The summed E-state index contributed by atoms with van der Waals surface area (Å²) in [5.74, 6) is -0.323. The lowest BCUT2D eigenvalue weighted by atomic mass is 10.0. The van der Waals surface area contributed by atoms with Crippen molar-refractivity contribution in [2.45, 2.75) is 12.6 Å². The Morgan fingerprint density at radius 2 is 1.71 bits per heavy atom. The molecule has 2 N–H and O–H groups in total. The first-order chi connectivity index (χ1) is 14.9. The molecule has 0 saturated carbocycles. The second-order valence-electron chi connectivity index (χ2n) is 6.90. The highest BCUT2D eigenvalue weighted by molar-refractivity contribution is 5.93. The molecule has 0 spiro atoms. The Labute approximate surface area is 176 Å². The minimum absolute atomic E-state index is 0.0330. The molecule has 2 heterocycles. The molecule has 31 heavy (non-hydrogen) atoms. The molecule has 0 bridgehead atoms. The fourth-order valence-electron chi connectivity index (χ4n) is 3.21. The molecule has 2 aromatic heterocycles. The minimum atomic E-state index is -4.40. The Hall–Kier alpha value is -3.94. The SMILES string of the molecule is O=C(Cc1ccc(C(F)(F)F)cc1)Nc1cccc(-c2[nH]ncc2-c2ccncc2)c1. The van der Waals surface area contributed by atoms with E-state index < -0.39 is 11.7 Å². The molecule has 1 amide bonds. The first-order valence-electron chi connectivity index (χ1n) is 9.40. The van der Waals surface area contributed by atoms with E-state index in [0.29, 0.717) is 11.3 Å². The molecular weight excluding hydrogens is 405 g/mol. The van der Waals surface area contributed by atoms with Crippen LogP contribution in [-0.2, 0) is 17.4 Å². The van der Waals surface area contributed by atoms with Crippen molar-refractivity contribution < 1.29 is 18.0 Å². The number of pyridine rings is 1. The Bertz CT molecular complexity index is 1190. The lowest BCUT2D eigenvalue weighted by Gasteiger charge is -2.09. The van der Waals surface area contributed by atoms with Gasteiger partial charge in [0.25, 0.3) is 0 Å². The zero-order valence-corrected chi connectivity index (χ0v) is 16.1. The summed E-state index contributed by atoms with van der Waals surface area (Å²) in [6.07, 6.45) is 0.687. The Morgan fingerprint density at radius 3 is 2.42 bits per heavy atom. The van der Waals surface area contributed by atoms with E-state index in [1.165, 1.54) is 12.1 Å². The monoisotopic (exact) mass is 422 g/mol. The molecule has 0 aliphatic rings. The van der Waals surface area contributed by atoms with Crippen molar-refractivity contribution in [3.63, 3.8) is 0 Å². The van der Waals surface area contributed by atoms with Gasteiger partial charge in [-0.05, 0) is 47.5 Å². The second kappa shape index (κ2) is 8.43. The zero-order chi connectivity index (χ0) is 21.8. The predicted octanol–water partition coefficient (Wildman–Crippen LogP) is 5.34. The number of H-pyrrole nitrogens is 1. The number of carbonyl (C=O) groups is 1. The highest BCUT2D eigenvalue weighted by atomic mass is 19.4. The van der Waals surface area contributed by atoms with Gasteiger partial charge in [-0.1, -0.05) is 24.3 Å². The topological polar surface area (TPSA) is 70.7 Å². The van der Waals surface area contributed by atoms with Gasteiger partial charge < -0.3 is 5.32 Å². The van der Waals surface area contributed by atoms with E-state index in [2.05, 4.69) is 20.5 Å². The van der Waals surface area contributed by atoms with Gasteiger partial charge in [-0.25, -0.2) is 0 Å². The van der Waals surface area contributed by atoms with E-state index in [0.717, 1.165) is 34.5 Å². The van der Waals surface area contributed by atoms with E-state index in [1.54, 1.807) is 30.7 Å². The molecule has 0 fully saturated rings. The summed E-state index contributed by atoms with van der Waals surface area (Å²) >= 11 is 0. The van der Waals surface area contributed by atoms with E-state index in [-0.39, 0.29) is 12.3 Å². The number of benzene rings is 2. The zero-order valence-electron chi connectivity index (χ0n) is 16.1. The number of hydrogen-bond donors (Lipinski definition) is 2. The summed E-state index contributed by atoms with van der Waals surface area (Å²) < 4.78 is 38.0. The van der Waals surface area contributed by atoms with Crippen molar-refractivity contribution in [3.8, 4) is 22.4 Å². The molecular formula is C23H17F3N4O. The van der Waals surface area contributed by atoms with Crippen LogP contribution in [0.25, 0.3) is 22.4 Å². The van der Waals surface area contributed by atoms with Crippen LogP contribution in [0.15, 0.2) is 79.3 Å². The Balaban J connectivity index is 1.48. The van der Waals surface area contributed by atoms with Gasteiger partial charge in [0.1, 0.15) is 0 Å². The number of anilines is 1. The van der Waals surface area contributed by atoms with Crippen LogP contribution in [0.3, 0.4) is 0 Å². The van der Waals surface area contributed by atoms with Crippen LogP contribution < -0.4 is 5.32 Å². The normalized spacial score (nSPS) is 11.3. The van der Waals surface area contributed by atoms with Gasteiger partial charge in [-0.2, -0.15) is 18.3 Å². The number of carbonyl (C=O) groups excluding carboxylic acids is 1. The van der Waals surface area contributed by atoms with Crippen LogP contribution in [0.1, 0.15) is 11.1 Å². The van der Waals surface area contributed by atoms with Gasteiger partial charge in [0.05, 0.1) is 23.9 Å². The fourth-order valence-corrected chi connectivity index (χ4v) is 3.21. The highest BCUT2D eigenvalue weighted by Crippen LogP contribution is 2.31. The van der Waals surface area contributed by atoms with Gasteiger partial charge in [-0.3, -0.25) is 14.9 Å². The van der Waals surface area contributed by atoms with E-state index in [1.807, 2.05) is 24.3 Å². The second-order valence-corrected chi connectivity index (χ2v) is 6.90. The van der Waals surface area contributed by atoms with Gasteiger partial charge >= 0.3 is 6.18 Å². The summed E-state index contributed by atoms with van der Waals surface area (Å²) in [6, 6.07) is 15.6. The standard InChI is InChI=1S/C23H17F3N4O/c24-23(25,26)18-6-4-15(5-7-18)12-21(31)29-19-3-1-2-17(13-19)22-20(14-28-30-22)16-8-10-27-11-9-16/h1-11,13-14H,12H2,(H,28,30)(H,29,31). The molecule has 5 nitrogen and oxygen atoms in total. The molecule has 0 saturated heterocycles. The summed E-state index contributed by atoms with van der Waals surface area (Å²) in [5, 5.41) is 9.91. The Morgan fingerprint density at radius 1 is 0.968 bits per heavy atom. The van der Waals surface area contributed by atoms with Crippen LogP contribution in [0.4, 0.5) is 18.9 Å².